The Labute approximate surface area is 124 Å². The quantitative estimate of drug-likeness (QED) is 0.728. The Bertz CT molecular complexity index is 407. The van der Waals surface area contributed by atoms with E-state index in [4.69, 9.17) is 4.74 Å². The maximum absolute atomic E-state index is 12.1. The summed E-state index contributed by atoms with van der Waals surface area (Å²) in [5, 5.41) is 3.28. The van der Waals surface area contributed by atoms with E-state index in [0.29, 0.717) is 26.2 Å². The molecule has 0 radical (unpaired) electrons. The fraction of sp³-hybridized carbons (Fsp3) is 0.625. The first kappa shape index (κ1) is 18.0. The Morgan fingerprint density at radius 1 is 1.19 bits per heavy atom. The molecule has 1 rings (SSSR count). The average molecular weight is 303 g/mol. The fourth-order valence-corrected chi connectivity index (χ4v) is 2.08. The topological polar surface area (TPSA) is 21.3 Å². The molecular formula is C16H24F3NO. The Kier molecular flexibility index (Phi) is 7.75. The highest BCUT2D eigenvalue weighted by Crippen LogP contribution is 2.22. The lowest BCUT2D eigenvalue weighted by atomic mass is 10.1. The minimum atomic E-state index is -4.05. The zero-order chi connectivity index (χ0) is 15.7. The molecule has 0 aliphatic heterocycles. The molecule has 1 aromatic rings. The van der Waals surface area contributed by atoms with Crippen molar-refractivity contribution < 1.29 is 17.9 Å². The van der Waals surface area contributed by atoms with Crippen LogP contribution < -0.4 is 5.32 Å². The van der Waals surface area contributed by atoms with Crippen molar-refractivity contribution in [3.63, 3.8) is 0 Å². The standard InChI is InChI=1S/C16H24F3NO/c1-3-21-12-15-9-5-4-8-14(15)11-20-13(2)7-6-10-16(17,18)19/h4-5,8-9,13,20H,3,6-7,10-12H2,1-2H3. The lowest BCUT2D eigenvalue weighted by Gasteiger charge is -2.16. The molecule has 2 nitrogen and oxygen atoms in total. The Balaban J connectivity index is 2.37. The highest BCUT2D eigenvalue weighted by Gasteiger charge is 2.26. The zero-order valence-electron chi connectivity index (χ0n) is 12.7. The molecule has 120 valence electrons. The van der Waals surface area contributed by atoms with Gasteiger partial charge in [-0.1, -0.05) is 24.3 Å². The summed E-state index contributed by atoms with van der Waals surface area (Å²) in [6, 6.07) is 8.02. The predicted octanol–water partition coefficient (Wildman–Crippen LogP) is 4.43. The van der Waals surface area contributed by atoms with Gasteiger partial charge in [0.05, 0.1) is 6.61 Å². The second-order valence-electron chi connectivity index (χ2n) is 5.20. The summed E-state index contributed by atoms with van der Waals surface area (Å²) in [5.41, 5.74) is 2.25. The van der Waals surface area contributed by atoms with E-state index in [1.807, 2.05) is 38.1 Å². The van der Waals surface area contributed by atoms with Gasteiger partial charge in [-0.2, -0.15) is 13.2 Å². The van der Waals surface area contributed by atoms with Gasteiger partial charge in [0.1, 0.15) is 0 Å². The molecule has 0 aliphatic carbocycles. The van der Waals surface area contributed by atoms with Gasteiger partial charge >= 0.3 is 6.18 Å². The molecule has 0 aliphatic rings. The van der Waals surface area contributed by atoms with Crippen molar-refractivity contribution in [3.05, 3.63) is 35.4 Å². The van der Waals surface area contributed by atoms with Crippen molar-refractivity contribution >= 4 is 0 Å². The van der Waals surface area contributed by atoms with E-state index in [2.05, 4.69) is 5.32 Å². The van der Waals surface area contributed by atoms with Gasteiger partial charge in [0.2, 0.25) is 0 Å². The summed E-state index contributed by atoms with van der Waals surface area (Å²) < 4.78 is 41.7. The van der Waals surface area contributed by atoms with Gasteiger partial charge < -0.3 is 10.1 Å². The molecule has 1 unspecified atom stereocenters. The van der Waals surface area contributed by atoms with Crippen LogP contribution in [-0.2, 0) is 17.9 Å². The van der Waals surface area contributed by atoms with Crippen molar-refractivity contribution in [1.29, 1.82) is 0 Å². The van der Waals surface area contributed by atoms with Crippen LogP contribution in [0.2, 0.25) is 0 Å². The number of alkyl halides is 3. The van der Waals surface area contributed by atoms with Crippen molar-refractivity contribution in [3.8, 4) is 0 Å². The van der Waals surface area contributed by atoms with Gasteiger partial charge in [-0.25, -0.2) is 0 Å². The molecule has 0 amide bonds. The lowest BCUT2D eigenvalue weighted by molar-refractivity contribution is -0.135. The highest BCUT2D eigenvalue weighted by atomic mass is 19.4. The van der Waals surface area contributed by atoms with Gasteiger partial charge in [-0.05, 0) is 37.8 Å². The molecule has 0 aromatic heterocycles. The van der Waals surface area contributed by atoms with Crippen LogP contribution in [0.25, 0.3) is 0 Å². The van der Waals surface area contributed by atoms with Gasteiger partial charge in [0, 0.05) is 25.6 Å². The molecule has 5 heteroatoms. The maximum Gasteiger partial charge on any atom is 0.389 e. The Hall–Kier alpha value is -1.07. The monoisotopic (exact) mass is 303 g/mol. The average Bonchev–Trinajstić information content (AvgIpc) is 2.42. The van der Waals surface area contributed by atoms with Gasteiger partial charge in [-0.3, -0.25) is 0 Å². The second-order valence-corrected chi connectivity index (χ2v) is 5.20. The largest absolute Gasteiger partial charge is 0.389 e. The summed E-state index contributed by atoms with van der Waals surface area (Å²) in [7, 11) is 0. The van der Waals surface area contributed by atoms with Crippen molar-refractivity contribution in [1.82, 2.24) is 5.32 Å². The number of hydrogen-bond acceptors (Lipinski definition) is 2. The molecule has 0 fully saturated rings. The van der Waals surface area contributed by atoms with Crippen LogP contribution >= 0.6 is 0 Å². The van der Waals surface area contributed by atoms with Crippen LogP contribution in [0, 0.1) is 0 Å². The van der Waals surface area contributed by atoms with E-state index in [1.165, 1.54) is 0 Å². The number of halogens is 3. The Morgan fingerprint density at radius 2 is 1.86 bits per heavy atom. The van der Waals surface area contributed by atoms with E-state index in [0.717, 1.165) is 11.1 Å². The molecule has 0 saturated carbocycles. The third-order valence-corrected chi connectivity index (χ3v) is 3.32. The molecule has 0 spiro atoms. The number of hydrogen-bond donors (Lipinski definition) is 1. The number of ether oxygens (including phenoxy) is 1. The number of benzene rings is 1. The first-order chi connectivity index (χ1) is 9.92. The zero-order valence-corrected chi connectivity index (χ0v) is 12.7. The van der Waals surface area contributed by atoms with Gasteiger partial charge in [-0.15, -0.1) is 0 Å². The third kappa shape index (κ3) is 8.07. The molecule has 0 saturated heterocycles. The van der Waals surface area contributed by atoms with E-state index >= 15 is 0 Å². The summed E-state index contributed by atoms with van der Waals surface area (Å²) >= 11 is 0. The first-order valence-electron chi connectivity index (χ1n) is 7.37. The van der Waals surface area contributed by atoms with Crippen LogP contribution in [0.1, 0.15) is 44.2 Å². The molecule has 0 bridgehead atoms. The third-order valence-electron chi connectivity index (χ3n) is 3.32. The van der Waals surface area contributed by atoms with Crippen LogP contribution in [-0.4, -0.2) is 18.8 Å². The predicted molar refractivity (Wildman–Crippen MR) is 78.0 cm³/mol. The highest BCUT2D eigenvalue weighted by molar-refractivity contribution is 5.26. The van der Waals surface area contributed by atoms with Gasteiger partial charge in [0.15, 0.2) is 0 Å². The van der Waals surface area contributed by atoms with E-state index in [-0.39, 0.29) is 12.5 Å². The van der Waals surface area contributed by atoms with Crippen molar-refractivity contribution in [2.24, 2.45) is 0 Å². The lowest BCUT2D eigenvalue weighted by Crippen LogP contribution is -2.26. The number of rotatable bonds is 9. The normalized spacial score (nSPS) is 13.4. The van der Waals surface area contributed by atoms with E-state index in [9.17, 15) is 13.2 Å². The molecule has 1 N–H and O–H groups in total. The van der Waals surface area contributed by atoms with E-state index < -0.39 is 12.6 Å². The minimum Gasteiger partial charge on any atom is -0.377 e. The van der Waals surface area contributed by atoms with Gasteiger partial charge in [0.25, 0.3) is 0 Å². The molecule has 1 atom stereocenters. The minimum absolute atomic E-state index is 0.0625. The SMILES string of the molecule is CCOCc1ccccc1CNC(C)CCCC(F)(F)F. The summed E-state index contributed by atoms with van der Waals surface area (Å²) in [5.74, 6) is 0. The Morgan fingerprint density at radius 3 is 2.48 bits per heavy atom. The molecular weight excluding hydrogens is 279 g/mol. The summed E-state index contributed by atoms with van der Waals surface area (Å²) in [6.07, 6.45) is -4.07. The van der Waals surface area contributed by atoms with Crippen LogP contribution in [0.4, 0.5) is 13.2 Å². The smallest absolute Gasteiger partial charge is 0.377 e. The van der Waals surface area contributed by atoms with Crippen LogP contribution in [0.3, 0.4) is 0 Å². The number of nitrogens with one attached hydrogen (secondary N) is 1. The molecule has 1 aromatic carbocycles. The summed E-state index contributed by atoms with van der Waals surface area (Å²) in [4.78, 5) is 0. The van der Waals surface area contributed by atoms with Crippen molar-refractivity contribution in [2.75, 3.05) is 6.61 Å². The first-order valence-corrected chi connectivity index (χ1v) is 7.37. The van der Waals surface area contributed by atoms with Crippen LogP contribution in [0.15, 0.2) is 24.3 Å². The van der Waals surface area contributed by atoms with E-state index in [1.54, 1.807) is 0 Å². The fourth-order valence-electron chi connectivity index (χ4n) is 2.08. The van der Waals surface area contributed by atoms with Crippen LogP contribution in [0.5, 0.6) is 0 Å². The molecule has 21 heavy (non-hydrogen) atoms. The van der Waals surface area contributed by atoms with Crippen molar-refractivity contribution in [2.45, 2.75) is 58.5 Å². The second kappa shape index (κ2) is 9.05. The molecule has 0 heterocycles. The maximum atomic E-state index is 12.1. The summed E-state index contributed by atoms with van der Waals surface area (Å²) in [6.45, 7) is 5.74.